The van der Waals surface area contributed by atoms with Gasteiger partial charge in [-0.05, 0) is 32.1 Å². The molecule has 3 nitrogen and oxygen atoms in total. The summed E-state index contributed by atoms with van der Waals surface area (Å²) in [6.45, 7) is 4.64. The monoisotopic (exact) mass is 227 g/mol. The molecule has 2 aliphatic rings. The smallest absolute Gasteiger partial charge is 0.147 e. The summed E-state index contributed by atoms with van der Waals surface area (Å²) >= 11 is 0. The first kappa shape index (κ1) is 12.3. The Morgan fingerprint density at radius 1 is 1.19 bits per heavy atom. The second kappa shape index (κ2) is 6.58. The van der Waals surface area contributed by atoms with Crippen molar-refractivity contribution in [3.8, 4) is 0 Å². The molecule has 16 heavy (non-hydrogen) atoms. The van der Waals surface area contributed by atoms with Gasteiger partial charge in [0.15, 0.2) is 0 Å². The van der Waals surface area contributed by atoms with E-state index >= 15 is 0 Å². The van der Waals surface area contributed by atoms with Crippen molar-refractivity contribution in [2.24, 2.45) is 5.92 Å². The maximum atomic E-state index is 5.53. The van der Waals surface area contributed by atoms with E-state index in [1.807, 2.05) is 0 Å². The van der Waals surface area contributed by atoms with Crippen LogP contribution in [0.4, 0.5) is 0 Å². The second-order valence-electron chi connectivity index (χ2n) is 5.20. The summed E-state index contributed by atoms with van der Waals surface area (Å²) in [7, 11) is 0. The molecule has 1 saturated carbocycles. The van der Waals surface area contributed by atoms with Crippen LogP contribution in [0.2, 0.25) is 0 Å². The Morgan fingerprint density at radius 3 is 2.69 bits per heavy atom. The number of nitrogens with one attached hydrogen (secondary N) is 1. The Kier molecular flexibility index (Phi) is 5.07. The molecular formula is C13H25NO2. The Morgan fingerprint density at radius 2 is 2.00 bits per heavy atom. The molecule has 1 N–H and O–H groups in total. The first-order chi connectivity index (χ1) is 7.86. The van der Waals surface area contributed by atoms with Crippen molar-refractivity contribution in [1.29, 1.82) is 0 Å². The number of hydrogen-bond acceptors (Lipinski definition) is 3. The number of ether oxygens (including phenoxy) is 2. The van der Waals surface area contributed by atoms with Crippen molar-refractivity contribution in [1.82, 2.24) is 5.32 Å². The van der Waals surface area contributed by atoms with Gasteiger partial charge in [-0.25, -0.2) is 0 Å². The third kappa shape index (κ3) is 3.72. The van der Waals surface area contributed by atoms with Crippen LogP contribution in [0.3, 0.4) is 0 Å². The molecule has 2 fully saturated rings. The summed E-state index contributed by atoms with van der Waals surface area (Å²) in [6.07, 6.45) is 8.48. The van der Waals surface area contributed by atoms with E-state index in [1.165, 1.54) is 32.1 Å². The van der Waals surface area contributed by atoms with Crippen LogP contribution in [0, 0.1) is 5.92 Å². The molecule has 2 unspecified atom stereocenters. The standard InChI is InChI=1S/C13H25NO2/c1-11(12-5-3-2-4-6-12)14-9-13-7-8-15-10-16-13/h11-14H,2-10H2,1H3. The van der Waals surface area contributed by atoms with Gasteiger partial charge >= 0.3 is 0 Å². The molecule has 1 saturated heterocycles. The summed E-state index contributed by atoms with van der Waals surface area (Å²) in [4.78, 5) is 0. The third-order valence-corrected chi connectivity index (χ3v) is 4.00. The lowest BCUT2D eigenvalue weighted by atomic mass is 9.84. The number of hydrogen-bond donors (Lipinski definition) is 1. The Labute approximate surface area is 98.9 Å². The summed E-state index contributed by atoms with van der Waals surface area (Å²) < 4.78 is 10.7. The fraction of sp³-hybridized carbons (Fsp3) is 1.00. The van der Waals surface area contributed by atoms with E-state index in [0.717, 1.165) is 25.5 Å². The first-order valence-corrected chi connectivity index (χ1v) is 6.79. The van der Waals surface area contributed by atoms with Gasteiger partial charge in [0.25, 0.3) is 0 Å². The van der Waals surface area contributed by atoms with Gasteiger partial charge in [-0.2, -0.15) is 0 Å². The molecule has 94 valence electrons. The van der Waals surface area contributed by atoms with Gasteiger partial charge in [0.05, 0.1) is 12.7 Å². The van der Waals surface area contributed by atoms with Gasteiger partial charge in [-0.3, -0.25) is 0 Å². The highest BCUT2D eigenvalue weighted by atomic mass is 16.7. The van der Waals surface area contributed by atoms with Gasteiger partial charge in [-0.1, -0.05) is 19.3 Å². The maximum absolute atomic E-state index is 5.53. The molecule has 1 aliphatic carbocycles. The minimum absolute atomic E-state index is 0.361. The summed E-state index contributed by atoms with van der Waals surface area (Å²) in [5, 5.41) is 3.64. The Hall–Kier alpha value is -0.120. The highest BCUT2D eigenvalue weighted by molar-refractivity contribution is 4.77. The zero-order valence-electron chi connectivity index (χ0n) is 10.4. The molecule has 2 atom stereocenters. The van der Waals surface area contributed by atoms with Crippen LogP contribution >= 0.6 is 0 Å². The lowest BCUT2D eigenvalue weighted by Crippen LogP contribution is -2.41. The maximum Gasteiger partial charge on any atom is 0.147 e. The molecule has 2 rings (SSSR count). The largest absolute Gasteiger partial charge is 0.355 e. The average molecular weight is 227 g/mol. The lowest BCUT2D eigenvalue weighted by Gasteiger charge is -2.30. The summed E-state index contributed by atoms with van der Waals surface area (Å²) in [6, 6.07) is 0.645. The number of rotatable bonds is 4. The van der Waals surface area contributed by atoms with Crippen LogP contribution in [0.1, 0.15) is 45.4 Å². The molecule has 0 amide bonds. The minimum atomic E-state index is 0.361. The molecule has 0 aromatic carbocycles. The molecule has 0 spiro atoms. The SMILES string of the molecule is CC(NCC1CCOCO1)C1CCCCC1. The molecule has 0 bridgehead atoms. The Bertz CT molecular complexity index is 186. The topological polar surface area (TPSA) is 30.5 Å². The zero-order valence-corrected chi connectivity index (χ0v) is 10.4. The Balaban J connectivity index is 1.63. The molecule has 1 heterocycles. The van der Waals surface area contributed by atoms with E-state index in [4.69, 9.17) is 9.47 Å². The van der Waals surface area contributed by atoms with Crippen LogP contribution in [-0.2, 0) is 9.47 Å². The molecule has 0 aromatic heterocycles. The molecule has 1 aliphatic heterocycles. The van der Waals surface area contributed by atoms with Crippen molar-refractivity contribution >= 4 is 0 Å². The van der Waals surface area contributed by atoms with Gasteiger partial charge < -0.3 is 14.8 Å². The van der Waals surface area contributed by atoms with Crippen LogP contribution in [0.25, 0.3) is 0 Å². The van der Waals surface area contributed by atoms with E-state index in [-0.39, 0.29) is 0 Å². The molecule has 3 heteroatoms. The highest BCUT2D eigenvalue weighted by Gasteiger charge is 2.21. The van der Waals surface area contributed by atoms with Crippen molar-refractivity contribution in [3.63, 3.8) is 0 Å². The fourth-order valence-electron chi connectivity index (χ4n) is 2.78. The first-order valence-electron chi connectivity index (χ1n) is 6.79. The summed E-state index contributed by atoms with van der Waals surface area (Å²) in [5.41, 5.74) is 0. The quantitative estimate of drug-likeness (QED) is 0.799. The fourth-order valence-corrected chi connectivity index (χ4v) is 2.78. The van der Waals surface area contributed by atoms with E-state index < -0.39 is 0 Å². The van der Waals surface area contributed by atoms with Crippen LogP contribution in [0.5, 0.6) is 0 Å². The third-order valence-electron chi connectivity index (χ3n) is 4.00. The van der Waals surface area contributed by atoms with Crippen LogP contribution in [0.15, 0.2) is 0 Å². The van der Waals surface area contributed by atoms with Gasteiger partial charge in [0, 0.05) is 12.6 Å². The highest BCUT2D eigenvalue weighted by Crippen LogP contribution is 2.26. The zero-order chi connectivity index (χ0) is 11.2. The van der Waals surface area contributed by atoms with E-state index in [0.29, 0.717) is 18.9 Å². The molecular weight excluding hydrogens is 202 g/mol. The van der Waals surface area contributed by atoms with E-state index in [9.17, 15) is 0 Å². The van der Waals surface area contributed by atoms with Crippen molar-refractivity contribution in [2.75, 3.05) is 19.9 Å². The van der Waals surface area contributed by atoms with Crippen LogP contribution in [-0.4, -0.2) is 32.1 Å². The van der Waals surface area contributed by atoms with E-state index in [1.54, 1.807) is 0 Å². The van der Waals surface area contributed by atoms with Crippen LogP contribution < -0.4 is 5.32 Å². The van der Waals surface area contributed by atoms with Crippen molar-refractivity contribution in [3.05, 3.63) is 0 Å². The van der Waals surface area contributed by atoms with Gasteiger partial charge in [0.2, 0.25) is 0 Å². The van der Waals surface area contributed by atoms with E-state index in [2.05, 4.69) is 12.2 Å². The van der Waals surface area contributed by atoms with Crippen molar-refractivity contribution in [2.45, 2.75) is 57.6 Å². The molecule has 0 aromatic rings. The lowest BCUT2D eigenvalue weighted by molar-refractivity contribution is -0.137. The van der Waals surface area contributed by atoms with Gasteiger partial charge in [0.1, 0.15) is 6.79 Å². The van der Waals surface area contributed by atoms with Crippen molar-refractivity contribution < 1.29 is 9.47 Å². The molecule has 0 radical (unpaired) electrons. The summed E-state index contributed by atoms with van der Waals surface area (Å²) in [5.74, 6) is 0.883. The predicted molar refractivity (Wildman–Crippen MR) is 64.3 cm³/mol. The second-order valence-corrected chi connectivity index (χ2v) is 5.20. The predicted octanol–water partition coefficient (Wildman–Crippen LogP) is 2.31. The average Bonchev–Trinajstić information content (AvgIpc) is 2.38. The minimum Gasteiger partial charge on any atom is -0.355 e. The van der Waals surface area contributed by atoms with Gasteiger partial charge in [-0.15, -0.1) is 0 Å². The normalized spacial score (nSPS) is 30.2.